The lowest BCUT2D eigenvalue weighted by Crippen LogP contribution is -2.34. The summed E-state index contributed by atoms with van der Waals surface area (Å²) >= 11 is 7.40. The topological polar surface area (TPSA) is 49.4 Å². The maximum atomic E-state index is 12.3. The summed E-state index contributed by atoms with van der Waals surface area (Å²) in [5.41, 5.74) is 1.57. The molecule has 1 heterocycles. The zero-order chi connectivity index (χ0) is 17.5. The number of carbonyl (C=O) groups is 2. The van der Waals surface area contributed by atoms with Crippen molar-refractivity contribution in [2.24, 2.45) is 0 Å². The van der Waals surface area contributed by atoms with Gasteiger partial charge in [-0.25, -0.2) is 0 Å². The molecule has 0 spiro atoms. The van der Waals surface area contributed by atoms with Crippen LogP contribution in [0.25, 0.3) is 0 Å². The number of rotatable bonds is 7. The van der Waals surface area contributed by atoms with E-state index in [1.54, 1.807) is 11.0 Å². The molecule has 0 saturated heterocycles. The highest BCUT2D eigenvalue weighted by Crippen LogP contribution is 2.22. The Hall–Kier alpha value is -1.85. The maximum absolute atomic E-state index is 12.3. The number of nitrogens with one attached hydrogen (secondary N) is 1. The van der Waals surface area contributed by atoms with Crippen molar-refractivity contribution in [1.82, 2.24) is 10.2 Å². The van der Waals surface area contributed by atoms with Crippen molar-refractivity contribution in [2.75, 3.05) is 13.1 Å². The highest BCUT2D eigenvalue weighted by atomic mass is 35.5. The predicted molar refractivity (Wildman–Crippen MR) is 98.5 cm³/mol. The average Bonchev–Trinajstić information content (AvgIpc) is 2.97. The minimum atomic E-state index is -0.144. The SMILES string of the molecule is CCN(Cc1ccc(Cl)s1)C(=O)CCNC(=O)c1ccccc1C. The molecule has 1 aromatic heterocycles. The van der Waals surface area contributed by atoms with Crippen LogP contribution >= 0.6 is 22.9 Å². The van der Waals surface area contributed by atoms with Crippen molar-refractivity contribution in [2.45, 2.75) is 26.8 Å². The second-order valence-corrected chi connectivity index (χ2v) is 7.23. The van der Waals surface area contributed by atoms with Gasteiger partial charge in [0, 0.05) is 30.0 Å². The Kier molecular flexibility index (Phi) is 6.82. The number of amides is 2. The largest absolute Gasteiger partial charge is 0.352 e. The van der Waals surface area contributed by atoms with Crippen molar-refractivity contribution in [3.8, 4) is 0 Å². The van der Waals surface area contributed by atoms with Crippen molar-refractivity contribution in [1.29, 1.82) is 0 Å². The van der Waals surface area contributed by atoms with E-state index in [4.69, 9.17) is 11.6 Å². The third-order valence-corrected chi connectivity index (χ3v) is 4.94. The minimum Gasteiger partial charge on any atom is -0.352 e. The predicted octanol–water partition coefficient (Wildman–Crippen LogP) is 3.88. The van der Waals surface area contributed by atoms with Gasteiger partial charge in [-0.3, -0.25) is 9.59 Å². The first-order chi connectivity index (χ1) is 11.5. The summed E-state index contributed by atoms with van der Waals surface area (Å²) in [4.78, 5) is 27.3. The van der Waals surface area contributed by atoms with Crippen LogP contribution in [-0.2, 0) is 11.3 Å². The molecule has 0 radical (unpaired) electrons. The van der Waals surface area contributed by atoms with E-state index in [0.717, 1.165) is 14.8 Å². The van der Waals surface area contributed by atoms with Crippen molar-refractivity contribution >= 4 is 34.8 Å². The molecule has 0 bridgehead atoms. The van der Waals surface area contributed by atoms with Gasteiger partial charge in [-0.15, -0.1) is 11.3 Å². The van der Waals surface area contributed by atoms with Crippen LogP contribution in [0, 0.1) is 6.92 Å². The Morgan fingerprint density at radius 1 is 1.21 bits per heavy atom. The molecule has 0 aliphatic rings. The Balaban J connectivity index is 1.83. The monoisotopic (exact) mass is 364 g/mol. The fraction of sp³-hybridized carbons (Fsp3) is 0.333. The number of aryl methyl sites for hydroxylation is 1. The molecule has 0 saturated carbocycles. The van der Waals surface area contributed by atoms with E-state index in [1.807, 2.05) is 44.2 Å². The van der Waals surface area contributed by atoms with Crippen LogP contribution in [0.2, 0.25) is 4.34 Å². The number of benzene rings is 1. The molecule has 0 fully saturated rings. The Labute approximate surface area is 151 Å². The van der Waals surface area contributed by atoms with Gasteiger partial charge >= 0.3 is 0 Å². The molecule has 2 amide bonds. The van der Waals surface area contributed by atoms with Gasteiger partial charge in [0.05, 0.1) is 10.9 Å². The molecule has 2 rings (SSSR count). The molecular formula is C18H21ClN2O2S. The zero-order valence-electron chi connectivity index (χ0n) is 13.8. The van der Waals surface area contributed by atoms with Gasteiger partial charge in [-0.2, -0.15) is 0 Å². The average molecular weight is 365 g/mol. The van der Waals surface area contributed by atoms with Crippen LogP contribution in [0.3, 0.4) is 0 Å². The lowest BCUT2D eigenvalue weighted by Gasteiger charge is -2.20. The summed E-state index contributed by atoms with van der Waals surface area (Å²) in [6.45, 7) is 5.34. The summed E-state index contributed by atoms with van der Waals surface area (Å²) < 4.78 is 0.721. The van der Waals surface area contributed by atoms with Gasteiger partial charge < -0.3 is 10.2 Å². The van der Waals surface area contributed by atoms with E-state index in [2.05, 4.69) is 5.32 Å². The summed E-state index contributed by atoms with van der Waals surface area (Å²) in [5, 5.41) is 2.81. The molecule has 0 unspecified atom stereocenters. The molecule has 6 heteroatoms. The summed E-state index contributed by atoms with van der Waals surface area (Å²) in [5.74, 6) is -0.124. The van der Waals surface area contributed by atoms with Crippen LogP contribution in [0.4, 0.5) is 0 Å². The second kappa shape index (κ2) is 8.85. The number of hydrogen-bond donors (Lipinski definition) is 1. The number of nitrogens with zero attached hydrogens (tertiary/aromatic N) is 1. The third-order valence-electron chi connectivity index (χ3n) is 3.72. The molecule has 0 aliphatic carbocycles. The van der Waals surface area contributed by atoms with Crippen molar-refractivity contribution in [3.05, 3.63) is 56.7 Å². The number of hydrogen-bond acceptors (Lipinski definition) is 3. The molecule has 24 heavy (non-hydrogen) atoms. The van der Waals surface area contributed by atoms with Crippen LogP contribution in [0.15, 0.2) is 36.4 Å². The molecule has 0 atom stereocenters. The standard InChI is InChI=1S/C18H21ClN2O2S/c1-3-21(12-14-8-9-16(19)24-14)17(22)10-11-20-18(23)15-7-5-4-6-13(15)2/h4-9H,3,10-12H2,1-2H3,(H,20,23). The normalized spacial score (nSPS) is 10.5. The van der Waals surface area contributed by atoms with E-state index in [9.17, 15) is 9.59 Å². The second-order valence-electron chi connectivity index (χ2n) is 5.43. The summed E-state index contributed by atoms with van der Waals surface area (Å²) in [6, 6.07) is 11.2. The van der Waals surface area contributed by atoms with Crippen LogP contribution in [0.1, 0.15) is 34.1 Å². The molecule has 1 aromatic carbocycles. The Bertz CT molecular complexity index is 715. The lowest BCUT2D eigenvalue weighted by atomic mass is 10.1. The van der Waals surface area contributed by atoms with Gasteiger partial charge in [0.25, 0.3) is 5.91 Å². The van der Waals surface area contributed by atoms with E-state index in [1.165, 1.54) is 11.3 Å². The van der Waals surface area contributed by atoms with E-state index in [-0.39, 0.29) is 18.2 Å². The smallest absolute Gasteiger partial charge is 0.251 e. The fourth-order valence-corrected chi connectivity index (χ4v) is 3.47. The molecule has 128 valence electrons. The molecular weight excluding hydrogens is 344 g/mol. The van der Waals surface area contributed by atoms with Gasteiger partial charge in [0.1, 0.15) is 0 Å². The molecule has 0 aliphatic heterocycles. The van der Waals surface area contributed by atoms with E-state index in [0.29, 0.717) is 25.2 Å². The van der Waals surface area contributed by atoms with E-state index < -0.39 is 0 Å². The Morgan fingerprint density at radius 2 is 1.96 bits per heavy atom. The van der Waals surface area contributed by atoms with Gasteiger partial charge in [-0.1, -0.05) is 29.8 Å². The van der Waals surface area contributed by atoms with Crippen LogP contribution in [0.5, 0.6) is 0 Å². The molecule has 1 N–H and O–H groups in total. The minimum absolute atomic E-state index is 0.0205. The first kappa shape index (κ1) is 18.5. The maximum Gasteiger partial charge on any atom is 0.251 e. The zero-order valence-corrected chi connectivity index (χ0v) is 15.4. The quantitative estimate of drug-likeness (QED) is 0.810. The molecule has 2 aromatic rings. The Morgan fingerprint density at radius 3 is 2.58 bits per heavy atom. The van der Waals surface area contributed by atoms with Gasteiger partial charge in [0.2, 0.25) is 5.91 Å². The molecule has 4 nitrogen and oxygen atoms in total. The fourth-order valence-electron chi connectivity index (χ4n) is 2.37. The van der Waals surface area contributed by atoms with Crippen molar-refractivity contribution < 1.29 is 9.59 Å². The van der Waals surface area contributed by atoms with Crippen LogP contribution in [-0.4, -0.2) is 29.8 Å². The van der Waals surface area contributed by atoms with Gasteiger partial charge in [-0.05, 0) is 37.6 Å². The third kappa shape index (κ3) is 5.08. The van der Waals surface area contributed by atoms with Crippen molar-refractivity contribution in [3.63, 3.8) is 0 Å². The number of thiophene rings is 1. The van der Waals surface area contributed by atoms with E-state index >= 15 is 0 Å². The summed E-state index contributed by atoms with van der Waals surface area (Å²) in [6.07, 6.45) is 0.282. The van der Waals surface area contributed by atoms with Crippen LogP contribution < -0.4 is 5.32 Å². The number of halogens is 1. The number of carbonyl (C=O) groups excluding carboxylic acids is 2. The first-order valence-electron chi connectivity index (χ1n) is 7.87. The summed E-state index contributed by atoms with van der Waals surface area (Å²) in [7, 11) is 0. The highest BCUT2D eigenvalue weighted by molar-refractivity contribution is 7.16. The lowest BCUT2D eigenvalue weighted by molar-refractivity contribution is -0.131. The van der Waals surface area contributed by atoms with Gasteiger partial charge in [0.15, 0.2) is 0 Å². The highest BCUT2D eigenvalue weighted by Gasteiger charge is 2.14. The first-order valence-corrected chi connectivity index (χ1v) is 9.06.